The number of imidazole rings is 1. The number of nitrogens with one attached hydrogen (secondary N) is 1. The molecule has 1 N–H and O–H groups in total. The Labute approximate surface area is 173 Å². The number of nitrogens with zero attached hydrogens (tertiary/aromatic N) is 2. The second-order valence-electron chi connectivity index (χ2n) is 6.83. The van der Waals surface area contributed by atoms with Gasteiger partial charge in [0.05, 0.1) is 21.1 Å². The minimum absolute atomic E-state index is 0.0342. The van der Waals surface area contributed by atoms with Crippen LogP contribution >= 0.6 is 23.2 Å². The van der Waals surface area contributed by atoms with Crippen molar-refractivity contribution in [2.24, 2.45) is 0 Å². The van der Waals surface area contributed by atoms with Crippen molar-refractivity contribution in [1.29, 1.82) is 0 Å². The van der Waals surface area contributed by atoms with Gasteiger partial charge in [0.15, 0.2) is 0 Å². The number of halogens is 3. The molecule has 4 nitrogen and oxygen atoms in total. The van der Waals surface area contributed by atoms with Gasteiger partial charge in [-0.3, -0.25) is 4.79 Å². The monoisotopic (exact) mass is 421 g/mol. The number of hydrogen-bond donors (Lipinski definition) is 1. The minimum Gasteiger partial charge on any atom is -0.354 e. The maximum atomic E-state index is 14.1. The predicted molar refractivity (Wildman–Crippen MR) is 111 cm³/mol. The SMILES string of the molecule is CC[C@@H](C)NC(=O)CCn1c(Cc2ccccc2F)nc2cc(Cl)c(Cl)cc21. The van der Waals surface area contributed by atoms with Crippen LogP contribution in [0.25, 0.3) is 11.0 Å². The van der Waals surface area contributed by atoms with Crippen molar-refractivity contribution in [2.75, 3.05) is 0 Å². The molecule has 148 valence electrons. The Morgan fingerprint density at radius 2 is 1.96 bits per heavy atom. The molecule has 0 aliphatic carbocycles. The lowest BCUT2D eigenvalue weighted by Crippen LogP contribution is -2.32. The molecule has 3 rings (SSSR count). The Morgan fingerprint density at radius 1 is 1.25 bits per heavy atom. The summed E-state index contributed by atoms with van der Waals surface area (Å²) in [5, 5.41) is 3.78. The molecule has 0 bridgehead atoms. The van der Waals surface area contributed by atoms with E-state index in [0.29, 0.717) is 46.3 Å². The fraction of sp³-hybridized carbons (Fsp3) is 0.333. The standard InChI is InChI=1S/C21H22Cl2FN3O/c1-3-13(2)25-21(28)8-9-27-19-12-16(23)15(22)11-18(19)26-20(27)10-14-6-4-5-7-17(14)24/h4-7,11-13H,3,8-10H2,1-2H3,(H,25,28)/t13-/m1/s1. The van der Waals surface area contributed by atoms with Gasteiger partial charge in [-0.1, -0.05) is 48.3 Å². The lowest BCUT2D eigenvalue weighted by Gasteiger charge is -2.13. The highest BCUT2D eigenvalue weighted by atomic mass is 35.5. The van der Waals surface area contributed by atoms with Gasteiger partial charge in [-0.25, -0.2) is 9.37 Å². The molecule has 1 atom stereocenters. The van der Waals surface area contributed by atoms with Gasteiger partial charge in [0.2, 0.25) is 5.91 Å². The van der Waals surface area contributed by atoms with E-state index in [1.165, 1.54) is 6.07 Å². The first-order chi connectivity index (χ1) is 13.4. The molecule has 3 aromatic rings. The number of amides is 1. The van der Waals surface area contributed by atoms with Crippen LogP contribution in [0.4, 0.5) is 4.39 Å². The molecule has 1 aromatic heterocycles. The summed E-state index contributed by atoms with van der Waals surface area (Å²) in [5.74, 6) is 0.342. The first-order valence-electron chi connectivity index (χ1n) is 9.26. The van der Waals surface area contributed by atoms with Gasteiger partial charge in [0, 0.05) is 25.4 Å². The largest absolute Gasteiger partial charge is 0.354 e. The van der Waals surface area contributed by atoms with E-state index in [1.54, 1.807) is 30.3 Å². The molecular formula is C21H22Cl2FN3O. The van der Waals surface area contributed by atoms with Crippen LogP contribution in [0, 0.1) is 5.82 Å². The van der Waals surface area contributed by atoms with Crippen LogP contribution in [0.2, 0.25) is 10.0 Å². The van der Waals surface area contributed by atoms with Crippen molar-refractivity contribution in [1.82, 2.24) is 14.9 Å². The highest BCUT2D eigenvalue weighted by molar-refractivity contribution is 6.42. The van der Waals surface area contributed by atoms with Crippen molar-refractivity contribution in [3.63, 3.8) is 0 Å². The van der Waals surface area contributed by atoms with Crippen LogP contribution < -0.4 is 5.32 Å². The molecule has 0 spiro atoms. The van der Waals surface area contributed by atoms with Gasteiger partial charge in [0.25, 0.3) is 0 Å². The van der Waals surface area contributed by atoms with E-state index in [1.807, 2.05) is 18.4 Å². The summed E-state index contributed by atoms with van der Waals surface area (Å²) in [6.45, 7) is 4.41. The predicted octanol–water partition coefficient (Wildman–Crippen LogP) is 5.38. The molecule has 0 aliphatic rings. The fourth-order valence-corrected chi connectivity index (χ4v) is 3.34. The van der Waals surface area contributed by atoms with E-state index in [0.717, 1.165) is 11.9 Å². The van der Waals surface area contributed by atoms with Crippen LogP contribution in [0.15, 0.2) is 36.4 Å². The Morgan fingerprint density at radius 3 is 2.68 bits per heavy atom. The van der Waals surface area contributed by atoms with Crippen LogP contribution in [0.3, 0.4) is 0 Å². The maximum absolute atomic E-state index is 14.1. The number of benzene rings is 2. The summed E-state index contributed by atoms with van der Waals surface area (Å²) >= 11 is 12.3. The quantitative estimate of drug-likeness (QED) is 0.556. The van der Waals surface area contributed by atoms with Gasteiger partial charge >= 0.3 is 0 Å². The summed E-state index contributed by atoms with van der Waals surface area (Å²) in [7, 11) is 0. The Hall–Kier alpha value is -2.11. The zero-order valence-corrected chi connectivity index (χ0v) is 17.3. The highest BCUT2D eigenvalue weighted by Gasteiger charge is 2.16. The minimum atomic E-state index is -0.285. The number of carbonyl (C=O) groups is 1. The number of fused-ring (bicyclic) bond motifs is 1. The average Bonchev–Trinajstić information content (AvgIpc) is 2.98. The van der Waals surface area contributed by atoms with Gasteiger partial charge in [-0.05, 0) is 37.1 Å². The van der Waals surface area contributed by atoms with Crippen molar-refractivity contribution < 1.29 is 9.18 Å². The zero-order chi connectivity index (χ0) is 20.3. The van der Waals surface area contributed by atoms with E-state index in [9.17, 15) is 9.18 Å². The molecule has 2 aromatic carbocycles. The first-order valence-corrected chi connectivity index (χ1v) is 10.0. The molecule has 28 heavy (non-hydrogen) atoms. The Balaban J connectivity index is 1.94. The van der Waals surface area contributed by atoms with Crippen molar-refractivity contribution in [3.05, 3.63) is 63.6 Å². The molecule has 1 heterocycles. The number of aryl methyl sites for hydroxylation is 1. The highest BCUT2D eigenvalue weighted by Crippen LogP contribution is 2.29. The van der Waals surface area contributed by atoms with Crippen molar-refractivity contribution in [3.8, 4) is 0 Å². The summed E-state index contributed by atoms with van der Waals surface area (Å²) in [6, 6.07) is 10.2. The third-order valence-electron chi connectivity index (χ3n) is 4.76. The van der Waals surface area contributed by atoms with Crippen LogP contribution in [-0.4, -0.2) is 21.5 Å². The lowest BCUT2D eigenvalue weighted by atomic mass is 10.1. The normalized spacial score (nSPS) is 12.3. The van der Waals surface area contributed by atoms with Gasteiger partial charge in [-0.2, -0.15) is 0 Å². The van der Waals surface area contributed by atoms with Crippen LogP contribution in [-0.2, 0) is 17.8 Å². The Bertz CT molecular complexity index is 1000. The Kier molecular flexibility index (Phi) is 6.57. The topological polar surface area (TPSA) is 46.9 Å². The molecule has 7 heteroatoms. The van der Waals surface area contributed by atoms with E-state index in [4.69, 9.17) is 23.2 Å². The molecule has 0 unspecified atom stereocenters. The van der Waals surface area contributed by atoms with Crippen LogP contribution in [0.1, 0.15) is 38.1 Å². The first kappa shape index (κ1) is 20.6. The number of carbonyl (C=O) groups excluding carboxylic acids is 1. The summed E-state index contributed by atoms with van der Waals surface area (Å²) < 4.78 is 16.1. The summed E-state index contributed by atoms with van der Waals surface area (Å²) in [4.78, 5) is 16.9. The molecular weight excluding hydrogens is 400 g/mol. The van der Waals surface area contributed by atoms with E-state index in [2.05, 4.69) is 10.3 Å². The van der Waals surface area contributed by atoms with Crippen molar-refractivity contribution >= 4 is 40.1 Å². The van der Waals surface area contributed by atoms with Crippen molar-refractivity contribution in [2.45, 2.75) is 45.7 Å². The number of rotatable bonds is 7. The van der Waals surface area contributed by atoms with Crippen LogP contribution in [0.5, 0.6) is 0 Å². The average molecular weight is 422 g/mol. The molecule has 0 radical (unpaired) electrons. The molecule has 0 saturated heterocycles. The summed E-state index contributed by atoms with van der Waals surface area (Å²) in [5.41, 5.74) is 1.99. The second-order valence-corrected chi connectivity index (χ2v) is 7.64. The molecule has 1 amide bonds. The smallest absolute Gasteiger partial charge is 0.221 e. The third kappa shape index (κ3) is 4.65. The molecule has 0 saturated carbocycles. The zero-order valence-electron chi connectivity index (χ0n) is 15.8. The lowest BCUT2D eigenvalue weighted by molar-refractivity contribution is -0.121. The van der Waals surface area contributed by atoms with E-state index < -0.39 is 0 Å². The summed E-state index contributed by atoms with van der Waals surface area (Å²) in [6.07, 6.45) is 1.47. The maximum Gasteiger partial charge on any atom is 0.221 e. The van der Waals surface area contributed by atoms with Gasteiger partial charge < -0.3 is 9.88 Å². The molecule has 0 fully saturated rings. The number of hydrogen-bond acceptors (Lipinski definition) is 2. The third-order valence-corrected chi connectivity index (χ3v) is 5.48. The van der Waals surface area contributed by atoms with E-state index in [-0.39, 0.29) is 17.8 Å². The molecule has 0 aliphatic heterocycles. The fourth-order valence-electron chi connectivity index (χ4n) is 3.03. The number of aromatic nitrogens is 2. The second kappa shape index (κ2) is 8.93. The van der Waals surface area contributed by atoms with E-state index >= 15 is 0 Å². The van der Waals surface area contributed by atoms with Gasteiger partial charge in [0.1, 0.15) is 11.6 Å². The van der Waals surface area contributed by atoms with Gasteiger partial charge in [-0.15, -0.1) is 0 Å².